The van der Waals surface area contributed by atoms with Crippen molar-refractivity contribution in [3.05, 3.63) is 34.6 Å². The van der Waals surface area contributed by atoms with Crippen molar-refractivity contribution >= 4 is 33.7 Å². The summed E-state index contributed by atoms with van der Waals surface area (Å²) in [5.74, 6) is 1.34. The Bertz CT molecular complexity index is 645. The number of nitrogens with zero attached hydrogens (tertiary/aromatic N) is 3. The Morgan fingerprint density at radius 3 is 2.68 bits per heavy atom. The zero-order chi connectivity index (χ0) is 16.1. The van der Waals surface area contributed by atoms with E-state index in [2.05, 4.69) is 30.9 Å². The van der Waals surface area contributed by atoms with Gasteiger partial charge in [-0.05, 0) is 31.2 Å². The van der Waals surface area contributed by atoms with Crippen LogP contribution in [0.15, 0.2) is 33.9 Å². The van der Waals surface area contributed by atoms with Crippen LogP contribution in [0.4, 0.5) is 0 Å². The van der Waals surface area contributed by atoms with E-state index >= 15 is 0 Å². The monoisotopic (exact) mass is 385 g/mol. The van der Waals surface area contributed by atoms with E-state index in [0.717, 1.165) is 10.2 Å². The third-order valence-electron chi connectivity index (χ3n) is 2.91. The lowest BCUT2D eigenvalue weighted by atomic mass is 10.3. The number of halogens is 1. The van der Waals surface area contributed by atoms with Gasteiger partial charge in [0.15, 0.2) is 17.1 Å². The molecule has 0 amide bonds. The Labute approximate surface area is 141 Å². The van der Waals surface area contributed by atoms with Crippen LogP contribution in [0.3, 0.4) is 0 Å². The lowest BCUT2D eigenvalue weighted by Gasteiger charge is -2.14. The quantitative estimate of drug-likeness (QED) is 0.562. The van der Waals surface area contributed by atoms with Crippen LogP contribution < -0.4 is 4.74 Å². The second-order valence-corrected chi connectivity index (χ2v) is 6.34. The van der Waals surface area contributed by atoms with E-state index in [1.54, 1.807) is 0 Å². The summed E-state index contributed by atoms with van der Waals surface area (Å²) < 4.78 is 13.3. The highest BCUT2D eigenvalue weighted by Gasteiger charge is 2.18. The molecule has 1 heterocycles. The van der Waals surface area contributed by atoms with Gasteiger partial charge in [-0.15, -0.1) is 10.2 Å². The Morgan fingerprint density at radius 2 is 2.05 bits per heavy atom. The van der Waals surface area contributed by atoms with Crippen molar-refractivity contribution in [2.24, 2.45) is 7.05 Å². The summed E-state index contributed by atoms with van der Waals surface area (Å²) in [7, 11) is 3.20. The first-order valence-corrected chi connectivity index (χ1v) is 8.30. The number of thioether (sulfide) groups is 1. The van der Waals surface area contributed by atoms with Crippen LogP contribution in [-0.4, -0.2) is 33.6 Å². The predicted molar refractivity (Wildman–Crippen MR) is 86.9 cm³/mol. The number of methoxy groups -OCH3 is 1. The average Bonchev–Trinajstić information content (AvgIpc) is 2.88. The van der Waals surface area contributed by atoms with Crippen LogP contribution in [0.1, 0.15) is 18.9 Å². The van der Waals surface area contributed by atoms with E-state index in [4.69, 9.17) is 4.74 Å². The molecule has 1 atom stereocenters. The van der Waals surface area contributed by atoms with E-state index in [1.807, 2.05) is 42.8 Å². The maximum Gasteiger partial charge on any atom is 0.316 e. The second-order valence-electron chi connectivity index (χ2n) is 4.48. The highest BCUT2D eigenvalue weighted by Crippen LogP contribution is 2.24. The van der Waals surface area contributed by atoms with Crippen molar-refractivity contribution in [1.29, 1.82) is 0 Å². The molecule has 0 aliphatic rings. The van der Waals surface area contributed by atoms with Crippen molar-refractivity contribution in [1.82, 2.24) is 14.8 Å². The normalized spacial score (nSPS) is 12.0. The van der Waals surface area contributed by atoms with E-state index < -0.39 is 0 Å². The molecular formula is C14H16BrN3O3S. The van der Waals surface area contributed by atoms with E-state index in [0.29, 0.717) is 11.0 Å². The third-order valence-corrected chi connectivity index (χ3v) is 4.43. The van der Waals surface area contributed by atoms with Gasteiger partial charge >= 0.3 is 5.97 Å². The summed E-state index contributed by atoms with van der Waals surface area (Å²) in [5, 5.41) is 8.86. The molecule has 22 heavy (non-hydrogen) atoms. The van der Waals surface area contributed by atoms with Gasteiger partial charge in [0.2, 0.25) is 0 Å². The maximum atomic E-state index is 11.2. The smallest absolute Gasteiger partial charge is 0.316 e. The van der Waals surface area contributed by atoms with Gasteiger partial charge in [0.1, 0.15) is 5.75 Å². The molecule has 0 N–H and O–H groups in total. The van der Waals surface area contributed by atoms with Crippen molar-refractivity contribution in [3.63, 3.8) is 0 Å². The molecule has 0 aliphatic heterocycles. The minimum absolute atomic E-state index is 0.199. The molecule has 0 radical (unpaired) electrons. The van der Waals surface area contributed by atoms with Crippen molar-refractivity contribution in [3.8, 4) is 5.75 Å². The summed E-state index contributed by atoms with van der Waals surface area (Å²) in [6.45, 7) is 1.90. The molecule has 0 spiro atoms. The molecule has 1 aromatic heterocycles. The van der Waals surface area contributed by atoms with Crippen molar-refractivity contribution in [2.75, 3.05) is 12.9 Å². The van der Waals surface area contributed by atoms with E-state index in [1.165, 1.54) is 18.9 Å². The van der Waals surface area contributed by atoms with Gasteiger partial charge in [0, 0.05) is 11.5 Å². The second kappa shape index (κ2) is 7.64. The topological polar surface area (TPSA) is 66.2 Å². The van der Waals surface area contributed by atoms with Gasteiger partial charge in [0.05, 0.1) is 12.9 Å². The molecule has 0 aliphatic carbocycles. The van der Waals surface area contributed by atoms with Gasteiger partial charge in [-0.2, -0.15) is 0 Å². The lowest BCUT2D eigenvalue weighted by molar-refractivity contribution is -0.137. The predicted octanol–water partition coefficient (Wildman–Crippen LogP) is 2.98. The Hall–Kier alpha value is -1.54. The molecule has 1 aromatic carbocycles. The SMILES string of the molecule is COC(=O)CSc1nnc(C(C)Oc2ccc(Br)cc2)n1C. The van der Waals surface area contributed by atoms with E-state index in [9.17, 15) is 4.79 Å². The number of hydrogen-bond acceptors (Lipinski definition) is 6. The number of hydrogen-bond donors (Lipinski definition) is 0. The number of ether oxygens (including phenoxy) is 2. The summed E-state index contributed by atoms with van der Waals surface area (Å²) in [6.07, 6.45) is -0.258. The fraction of sp³-hybridized carbons (Fsp3) is 0.357. The van der Waals surface area contributed by atoms with Gasteiger partial charge in [-0.1, -0.05) is 27.7 Å². The molecule has 0 saturated heterocycles. The zero-order valence-corrected chi connectivity index (χ0v) is 14.8. The summed E-state index contributed by atoms with van der Waals surface area (Å²) in [4.78, 5) is 11.2. The van der Waals surface area contributed by atoms with Crippen LogP contribution >= 0.6 is 27.7 Å². The van der Waals surface area contributed by atoms with Crippen LogP contribution in [0.2, 0.25) is 0 Å². The standard InChI is InChI=1S/C14H16BrN3O3S/c1-9(21-11-6-4-10(15)5-7-11)13-16-17-14(18(13)2)22-8-12(19)20-3/h4-7,9H,8H2,1-3H3. The fourth-order valence-corrected chi connectivity index (χ4v) is 2.77. The van der Waals surface area contributed by atoms with Crippen LogP contribution in [0.5, 0.6) is 5.75 Å². The summed E-state index contributed by atoms with van der Waals surface area (Å²) >= 11 is 4.66. The maximum absolute atomic E-state index is 11.2. The van der Waals surface area contributed by atoms with E-state index in [-0.39, 0.29) is 17.8 Å². The molecule has 0 fully saturated rings. The minimum Gasteiger partial charge on any atom is -0.483 e. The first-order valence-electron chi connectivity index (χ1n) is 6.52. The molecule has 2 rings (SSSR count). The van der Waals surface area contributed by atoms with Gasteiger partial charge < -0.3 is 14.0 Å². The largest absolute Gasteiger partial charge is 0.483 e. The Morgan fingerprint density at radius 1 is 1.36 bits per heavy atom. The number of benzene rings is 1. The van der Waals surface area contributed by atoms with Gasteiger partial charge in [-0.3, -0.25) is 4.79 Å². The molecule has 6 nitrogen and oxygen atoms in total. The minimum atomic E-state index is -0.297. The molecule has 0 saturated carbocycles. The fourth-order valence-electron chi connectivity index (χ4n) is 1.76. The van der Waals surface area contributed by atoms with Crippen molar-refractivity contribution < 1.29 is 14.3 Å². The summed E-state index contributed by atoms with van der Waals surface area (Å²) in [6, 6.07) is 7.58. The van der Waals surface area contributed by atoms with Gasteiger partial charge in [0.25, 0.3) is 0 Å². The zero-order valence-electron chi connectivity index (χ0n) is 12.4. The first kappa shape index (κ1) is 16.8. The number of carbonyl (C=O) groups excluding carboxylic acids is 1. The molecule has 1 unspecified atom stereocenters. The van der Waals surface area contributed by atoms with Crippen LogP contribution in [-0.2, 0) is 16.6 Å². The van der Waals surface area contributed by atoms with Crippen LogP contribution in [0.25, 0.3) is 0 Å². The Balaban J connectivity index is 2.04. The Kier molecular flexibility index (Phi) is 5.84. The third kappa shape index (κ3) is 4.23. The lowest BCUT2D eigenvalue weighted by Crippen LogP contribution is -2.10. The van der Waals surface area contributed by atoms with Crippen LogP contribution in [0, 0.1) is 0 Å². The molecule has 0 bridgehead atoms. The number of carbonyl (C=O) groups is 1. The number of esters is 1. The number of aromatic nitrogens is 3. The van der Waals surface area contributed by atoms with Gasteiger partial charge in [-0.25, -0.2) is 0 Å². The molecule has 2 aromatic rings. The highest BCUT2D eigenvalue weighted by atomic mass is 79.9. The first-order chi connectivity index (χ1) is 10.5. The molecule has 118 valence electrons. The summed E-state index contributed by atoms with van der Waals surface area (Å²) in [5.41, 5.74) is 0. The molecule has 8 heteroatoms. The number of rotatable bonds is 6. The highest BCUT2D eigenvalue weighted by molar-refractivity contribution is 9.10. The van der Waals surface area contributed by atoms with Crippen molar-refractivity contribution in [2.45, 2.75) is 18.2 Å². The average molecular weight is 386 g/mol. The molecular weight excluding hydrogens is 370 g/mol.